The first-order valence-corrected chi connectivity index (χ1v) is 5.72. The highest BCUT2D eigenvalue weighted by Gasteiger charge is 2.34. The minimum Gasteiger partial charge on any atom is -0.477 e. The molecule has 4 nitrogen and oxygen atoms in total. The van der Waals surface area contributed by atoms with Gasteiger partial charge in [-0.3, -0.25) is 0 Å². The fourth-order valence-corrected chi connectivity index (χ4v) is 3.08. The van der Waals surface area contributed by atoms with Crippen LogP contribution in [0.5, 0.6) is 0 Å². The van der Waals surface area contributed by atoms with Crippen molar-refractivity contribution in [2.75, 3.05) is 0 Å². The number of fused-ring (bicyclic) bond motifs is 1. The quantitative estimate of drug-likeness (QED) is 0.778. The van der Waals surface area contributed by atoms with E-state index in [0.29, 0.717) is 5.56 Å². The van der Waals surface area contributed by atoms with E-state index < -0.39 is 20.7 Å². The number of benzene rings is 1. The summed E-state index contributed by atoms with van der Waals surface area (Å²) in [6.07, 6.45) is 1.21. The van der Waals surface area contributed by atoms with Crippen molar-refractivity contribution in [3.05, 3.63) is 34.2 Å². The molecule has 0 bridgehead atoms. The maximum atomic E-state index is 11.7. The maximum absolute atomic E-state index is 11.7. The Morgan fingerprint density at radius 2 is 2.00 bits per heavy atom. The van der Waals surface area contributed by atoms with Gasteiger partial charge >= 0.3 is 5.97 Å². The lowest BCUT2D eigenvalue weighted by Crippen LogP contribution is -2.09. The van der Waals surface area contributed by atoms with Crippen LogP contribution in [0.25, 0.3) is 6.08 Å². The second-order valence-corrected chi connectivity index (χ2v) is 5.19. The molecule has 1 heterocycles. The Bertz CT molecular complexity index is 581. The molecular formula is C10H8O4S. The lowest BCUT2D eigenvalue weighted by molar-refractivity contribution is -0.131. The Labute approximate surface area is 86.8 Å². The maximum Gasteiger partial charge on any atom is 0.347 e. The van der Waals surface area contributed by atoms with Crippen LogP contribution in [0.2, 0.25) is 0 Å². The Kier molecular flexibility index (Phi) is 1.94. The molecule has 0 saturated carbocycles. The van der Waals surface area contributed by atoms with E-state index in [9.17, 15) is 13.2 Å². The molecule has 1 aliphatic heterocycles. The Morgan fingerprint density at radius 3 is 2.53 bits per heavy atom. The number of aliphatic carboxylic acids is 1. The zero-order chi connectivity index (χ0) is 11.2. The third-order valence-electron chi connectivity index (χ3n) is 2.35. The first-order valence-electron chi connectivity index (χ1n) is 4.24. The lowest BCUT2D eigenvalue weighted by Gasteiger charge is -2.01. The van der Waals surface area contributed by atoms with Crippen molar-refractivity contribution in [3.8, 4) is 0 Å². The molecule has 0 aliphatic carbocycles. The number of hydrogen-bond acceptors (Lipinski definition) is 3. The van der Waals surface area contributed by atoms with Crippen LogP contribution in [0.1, 0.15) is 11.1 Å². The largest absolute Gasteiger partial charge is 0.477 e. The average molecular weight is 224 g/mol. The first-order chi connectivity index (χ1) is 6.94. The molecule has 5 heteroatoms. The zero-order valence-electron chi connectivity index (χ0n) is 7.89. The van der Waals surface area contributed by atoms with Crippen LogP contribution >= 0.6 is 0 Å². The van der Waals surface area contributed by atoms with E-state index in [2.05, 4.69) is 0 Å². The van der Waals surface area contributed by atoms with Crippen LogP contribution in [0.3, 0.4) is 0 Å². The molecule has 1 aromatic carbocycles. The zero-order valence-corrected chi connectivity index (χ0v) is 8.71. The highest BCUT2D eigenvalue weighted by atomic mass is 32.2. The van der Waals surface area contributed by atoms with Crippen LogP contribution in [0.4, 0.5) is 0 Å². The van der Waals surface area contributed by atoms with E-state index in [4.69, 9.17) is 5.11 Å². The Hall–Kier alpha value is -1.62. The summed E-state index contributed by atoms with van der Waals surface area (Å²) in [5.74, 6) is -1.41. The van der Waals surface area contributed by atoms with Gasteiger partial charge in [-0.15, -0.1) is 0 Å². The van der Waals surface area contributed by atoms with Crippen LogP contribution in [0, 0.1) is 6.92 Å². The van der Waals surface area contributed by atoms with Gasteiger partial charge in [-0.05, 0) is 30.2 Å². The summed E-state index contributed by atoms with van der Waals surface area (Å²) in [5.41, 5.74) is 1.24. The molecule has 0 atom stereocenters. The van der Waals surface area contributed by atoms with Gasteiger partial charge in [0.05, 0.1) is 4.90 Å². The van der Waals surface area contributed by atoms with Crippen LogP contribution in [-0.2, 0) is 14.6 Å². The molecule has 2 rings (SSSR count). The molecule has 15 heavy (non-hydrogen) atoms. The molecule has 0 amide bonds. The Morgan fingerprint density at radius 1 is 1.33 bits per heavy atom. The summed E-state index contributed by atoms with van der Waals surface area (Å²) in [6.45, 7) is 1.75. The molecule has 0 radical (unpaired) electrons. The van der Waals surface area contributed by atoms with Crippen LogP contribution in [0.15, 0.2) is 28.0 Å². The molecule has 0 spiro atoms. The van der Waals surface area contributed by atoms with E-state index in [1.807, 2.05) is 0 Å². The molecule has 0 aromatic heterocycles. The minimum atomic E-state index is -3.81. The van der Waals surface area contributed by atoms with Crippen molar-refractivity contribution in [3.63, 3.8) is 0 Å². The minimum absolute atomic E-state index is 0.0832. The summed E-state index contributed by atoms with van der Waals surface area (Å²) < 4.78 is 23.5. The monoisotopic (exact) mass is 224 g/mol. The van der Waals surface area contributed by atoms with E-state index >= 15 is 0 Å². The highest BCUT2D eigenvalue weighted by Crippen LogP contribution is 2.34. The standard InChI is InChI=1S/C10H8O4S/c1-6-3-2-4-8-7(6)5-9(10(11)12)15(8,13)14/h2-5H,1H3,(H,11,12). The number of carboxylic acids is 1. The number of rotatable bonds is 1. The number of sulfone groups is 1. The van der Waals surface area contributed by atoms with Crippen LogP contribution in [-0.4, -0.2) is 19.5 Å². The molecule has 1 aliphatic rings. The van der Waals surface area contributed by atoms with Gasteiger partial charge in [0.2, 0.25) is 9.84 Å². The molecule has 0 saturated heterocycles. The summed E-state index contributed by atoms with van der Waals surface area (Å²) in [5, 5.41) is 8.76. The predicted molar refractivity (Wildman–Crippen MR) is 54.0 cm³/mol. The Balaban J connectivity index is 2.81. The van der Waals surface area contributed by atoms with E-state index in [0.717, 1.165) is 5.56 Å². The van der Waals surface area contributed by atoms with Gasteiger partial charge in [-0.2, -0.15) is 0 Å². The second kappa shape index (κ2) is 2.93. The van der Waals surface area contributed by atoms with Crippen LogP contribution < -0.4 is 0 Å². The first kappa shape index (κ1) is 9.92. The second-order valence-electron chi connectivity index (χ2n) is 3.30. The van der Waals surface area contributed by atoms with Gasteiger partial charge in [-0.25, -0.2) is 13.2 Å². The fourth-order valence-electron chi connectivity index (χ4n) is 1.58. The lowest BCUT2D eigenvalue weighted by atomic mass is 10.1. The normalized spacial score (nSPS) is 17.0. The SMILES string of the molecule is Cc1cccc2c1C=C(C(=O)O)S2(=O)=O. The van der Waals surface area contributed by atoms with Crippen molar-refractivity contribution in [2.24, 2.45) is 0 Å². The van der Waals surface area contributed by atoms with Crippen molar-refractivity contribution >= 4 is 21.9 Å². The molecule has 1 N–H and O–H groups in total. The average Bonchev–Trinajstić information content (AvgIpc) is 2.40. The topological polar surface area (TPSA) is 71.4 Å². The van der Waals surface area contributed by atoms with Crippen molar-refractivity contribution in [2.45, 2.75) is 11.8 Å². The number of carboxylic acid groups (broad SMARTS) is 1. The van der Waals surface area contributed by atoms with Gasteiger partial charge in [-0.1, -0.05) is 12.1 Å². The van der Waals surface area contributed by atoms with E-state index in [1.165, 1.54) is 12.1 Å². The number of hydrogen-bond donors (Lipinski definition) is 1. The van der Waals surface area contributed by atoms with Gasteiger partial charge < -0.3 is 5.11 Å². The molecule has 1 aromatic rings. The van der Waals surface area contributed by atoms with E-state index in [1.54, 1.807) is 19.1 Å². The summed E-state index contributed by atoms with van der Waals surface area (Å²) in [7, 11) is -3.81. The smallest absolute Gasteiger partial charge is 0.347 e. The van der Waals surface area contributed by atoms with Crippen molar-refractivity contribution in [1.29, 1.82) is 0 Å². The molecular weight excluding hydrogens is 216 g/mol. The summed E-state index contributed by atoms with van der Waals surface area (Å²) in [4.78, 5) is 10.3. The van der Waals surface area contributed by atoms with Crippen molar-refractivity contribution in [1.82, 2.24) is 0 Å². The third-order valence-corrected chi connectivity index (χ3v) is 4.16. The highest BCUT2D eigenvalue weighted by molar-refractivity contribution is 7.96. The van der Waals surface area contributed by atoms with Crippen molar-refractivity contribution < 1.29 is 18.3 Å². The number of aryl methyl sites for hydroxylation is 1. The third kappa shape index (κ3) is 1.27. The van der Waals surface area contributed by atoms with Gasteiger partial charge in [0.15, 0.2) is 4.91 Å². The molecule has 78 valence electrons. The fraction of sp³-hybridized carbons (Fsp3) is 0.100. The molecule has 0 fully saturated rings. The number of carbonyl (C=O) groups is 1. The summed E-state index contributed by atoms with van der Waals surface area (Å²) in [6, 6.07) is 4.77. The molecule has 0 unspecified atom stereocenters. The van der Waals surface area contributed by atoms with Gasteiger partial charge in [0, 0.05) is 0 Å². The predicted octanol–water partition coefficient (Wildman–Crippen LogP) is 1.21. The van der Waals surface area contributed by atoms with Gasteiger partial charge in [0.25, 0.3) is 0 Å². The van der Waals surface area contributed by atoms with Gasteiger partial charge in [0.1, 0.15) is 0 Å². The summed E-state index contributed by atoms with van der Waals surface area (Å²) >= 11 is 0. The van der Waals surface area contributed by atoms with E-state index in [-0.39, 0.29) is 4.90 Å².